The number of thiophene rings is 2. The van der Waals surface area contributed by atoms with Crippen molar-refractivity contribution >= 4 is 142 Å². The quantitative estimate of drug-likeness (QED) is 0.0950. The fourth-order valence-electron chi connectivity index (χ4n) is 13.0. The third kappa shape index (κ3) is 7.09. The summed E-state index contributed by atoms with van der Waals surface area (Å²) in [4.78, 5) is 0. The summed E-state index contributed by atoms with van der Waals surface area (Å²) in [6.45, 7) is 0. The fourth-order valence-corrected chi connectivity index (χ4v) is 25.6. The van der Waals surface area contributed by atoms with Crippen molar-refractivity contribution in [2.45, 2.75) is 0 Å². The van der Waals surface area contributed by atoms with Gasteiger partial charge in [-0.15, -0.1) is 22.7 Å². The number of rotatable bonds is 10. The molecule has 0 bridgehead atoms. The molecule has 0 N–H and O–H groups in total. The lowest BCUT2D eigenvalue weighted by molar-refractivity contribution is 1.19. The molecule has 15 aromatic rings. The molecule has 0 unspecified atom stereocenters. The Bertz CT molecular complexity index is 4610. The third-order valence-electron chi connectivity index (χ3n) is 16.3. The predicted molar refractivity (Wildman–Crippen MR) is 339 cm³/mol. The first-order valence-electron chi connectivity index (χ1n) is 26.5. The summed E-state index contributed by atoms with van der Waals surface area (Å²) >= 11 is 3.84. The van der Waals surface area contributed by atoms with Gasteiger partial charge >= 0.3 is 0 Å². The molecule has 0 aliphatic carbocycles. The maximum atomic E-state index is 2.55. The Labute approximate surface area is 457 Å². The number of para-hydroxylation sites is 1. The summed E-state index contributed by atoms with van der Waals surface area (Å²) in [5.41, 5.74) is 6.08. The molecule has 15 rings (SSSR count). The van der Waals surface area contributed by atoms with Crippen LogP contribution in [-0.2, 0) is 0 Å². The lowest BCUT2D eigenvalue weighted by atomic mass is 10.1. The largest absolute Gasteiger partial charge is 0.308 e. The maximum Gasteiger partial charge on any atom is 0.181 e. The zero-order chi connectivity index (χ0) is 50.9. The average Bonchev–Trinajstić information content (AvgIpc) is 4.26. The topological polar surface area (TPSA) is 4.93 Å². The van der Waals surface area contributed by atoms with Crippen molar-refractivity contribution in [3.63, 3.8) is 0 Å². The van der Waals surface area contributed by atoms with Crippen molar-refractivity contribution in [1.82, 2.24) is 4.57 Å². The summed E-state index contributed by atoms with van der Waals surface area (Å²) in [6, 6.07) is 113. The lowest BCUT2D eigenvalue weighted by Gasteiger charge is -2.35. The Kier molecular flexibility index (Phi) is 11.0. The van der Waals surface area contributed by atoms with E-state index in [2.05, 4.69) is 302 Å². The number of fused-ring (bicyclic) bond motifs is 10. The minimum atomic E-state index is -3.08. The molecule has 0 radical (unpaired) electrons. The van der Waals surface area contributed by atoms with E-state index in [1.807, 2.05) is 22.7 Å². The van der Waals surface area contributed by atoms with Crippen LogP contribution < -0.4 is 41.5 Å². The zero-order valence-corrected chi connectivity index (χ0v) is 45.7. The molecule has 0 saturated heterocycles. The minimum Gasteiger partial charge on any atom is -0.308 e. The average molecular weight is 1050 g/mol. The van der Waals surface area contributed by atoms with Gasteiger partial charge < -0.3 is 4.57 Å². The van der Waals surface area contributed by atoms with Gasteiger partial charge in [0.25, 0.3) is 0 Å². The van der Waals surface area contributed by atoms with E-state index in [4.69, 9.17) is 0 Å². The molecule has 12 aromatic carbocycles. The highest BCUT2D eigenvalue weighted by atomic mass is 32.1. The fraction of sp³-hybridized carbons (Fsp3) is 0. The van der Waals surface area contributed by atoms with Crippen molar-refractivity contribution in [3.05, 3.63) is 297 Å². The molecule has 1 nitrogen and oxygen atoms in total. The van der Waals surface area contributed by atoms with E-state index in [9.17, 15) is 0 Å². The molecule has 77 heavy (non-hydrogen) atoms. The van der Waals surface area contributed by atoms with E-state index >= 15 is 0 Å². The van der Waals surface area contributed by atoms with Crippen molar-refractivity contribution in [1.29, 1.82) is 0 Å². The maximum absolute atomic E-state index is 3.08. The summed E-state index contributed by atoms with van der Waals surface area (Å²) < 4.78 is 7.88. The van der Waals surface area contributed by atoms with Crippen LogP contribution in [-0.4, -0.2) is 20.7 Å². The standard InChI is InChI=1S/C72H49NS2Si2/c1-5-26-53(27-6-1)76(54-28-7-2-8-29-54,59-36-21-25-52(49-59)73-66-41-16-13-37-60(66)63-45-46-65-62-39-15-18-43-68(62)75-72(65)70(63)73)57-34-19-23-50(47-57)51-24-20-35-58(48-51)77(55-30-9-3-10-31-55,56-32-11-4-12-33-56)69-44-22-40-64-61-38-14-17-42-67(61)74-71(64)69/h1-49H. The van der Waals surface area contributed by atoms with E-state index in [1.54, 1.807) is 0 Å². The molecule has 0 fully saturated rings. The lowest BCUT2D eigenvalue weighted by Crippen LogP contribution is -2.75. The van der Waals surface area contributed by atoms with Gasteiger partial charge in [0.1, 0.15) is 0 Å². The van der Waals surface area contributed by atoms with Crippen LogP contribution in [0.25, 0.3) is 79.0 Å². The highest BCUT2D eigenvalue weighted by Crippen LogP contribution is 2.43. The van der Waals surface area contributed by atoms with Crippen molar-refractivity contribution in [3.8, 4) is 16.8 Å². The molecule has 0 atom stereocenters. The highest BCUT2D eigenvalue weighted by molar-refractivity contribution is 7.31. The van der Waals surface area contributed by atoms with Crippen molar-refractivity contribution in [2.75, 3.05) is 0 Å². The molecule has 0 amide bonds. The monoisotopic (exact) mass is 1050 g/mol. The van der Waals surface area contributed by atoms with Gasteiger partial charge in [-0.2, -0.15) is 0 Å². The van der Waals surface area contributed by atoms with Crippen molar-refractivity contribution < 1.29 is 0 Å². The van der Waals surface area contributed by atoms with Crippen LogP contribution in [0.15, 0.2) is 297 Å². The number of nitrogens with zero attached hydrogens (tertiary/aromatic N) is 1. The van der Waals surface area contributed by atoms with Gasteiger partial charge in [-0.25, -0.2) is 0 Å². The molecule has 5 heteroatoms. The second-order valence-corrected chi connectivity index (χ2v) is 29.9. The Morgan fingerprint density at radius 3 is 1.25 bits per heavy atom. The molecule has 3 aromatic heterocycles. The number of hydrogen-bond acceptors (Lipinski definition) is 2. The minimum absolute atomic E-state index is 1.17. The molecule has 0 saturated carbocycles. The first-order chi connectivity index (χ1) is 38.2. The van der Waals surface area contributed by atoms with Gasteiger partial charge in [-0.3, -0.25) is 0 Å². The second kappa shape index (κ2) is 18.6. The summed E-state index contributed by atoms with van der Waals surface area (Å²) in [5.74, 6) is 0. The predicted octanol–water partition coefficient (Wildman–Crippen LogP) is 13.9. The number of aromatic nitrogens is 1. The molecule has 0 spiro atoms. The van der Waals surface area contributed by atoms with Crippen LogP contribution in [0.5, 0.6) is 0 Å². The molecule has 0 aliphatic rings. The van der Waals surface area contributed by atoms with Gasteiger partial charge in [-0.1, -0.05) is 267 Å². The highest BCUT2D eigenvalue weighted by Gasteiger charge is 2.44. The zero-order valence-electron chi connectivity index (χ0n) is 42.1. The smallest absolute Gasteiger partial charge is 0.181 e. The normalized spacial score (nSPS) is 12.2. The van der Waals surface area contributed by atoms with Gasteiger partial charge in [0.15, 0.2) is 16.1 Å². The van der Waals surface area contributed by atoms with E-state index < -0.39 is 16.1 Å². The Morgan fingerprint density at radius 1 is 0.260 bits per heavy atom. The molecule has 0 aliphatic heterocycles. The van der Waals surface area contributed by atoms with Crippen LogP contribution in [0, 0.1) is 0 Å². The van der Waals surface area contributed by atoms with Gasteiger partial charge in [-0.05, 0) is 83.0 Å². The molecular formula is C72H49NS2Si2. The van der Waals surface area contributed by atoms with Gasteiger partial charge in [0.05, 0.1) is 15.7 Å². The van der Waals surface area contributed by atoms with Crippen LogP contribution in [0.4, 0.5) is 0 Å². The summed E-state index contributed by atoms with van der Waals surface area (Å²) in [7, 11) is -6.06. The van der Waals surface area contributed by atoms with E-state index in [1.165, 1.54) is 120 Å². The van der Waals surface area contributed by atoms with Crippen LogP contribution in [0.2, 0.25) is 0 Å². The van der Waals surface area contributed by atoms with E-state index in [0.29, 0.717) is 0 Å². The Balaban J connectivity index is 0.968. The Morgan fingerprint density at radius 2 is 0.662 bits per heavy atom. The molecule has 362 valence electrons. The number of hydrogen-bond donors (Lipinski definition) is 0. The van der Waals surface area contributed by atoms with Crippen LogP contribution >= 0.6 is 22.7 Å². The first kappa shape index (κ1) is 45.7. The SMILES string of the molecule is c1ccc([Si](c2ccccc2)(c2cccc(-c3cccc([Si](c4ccccc4)(c4ccccc4)c4cccc5c4sc4ccccc45)c3)c2)c2cccc(-n3c4ccccc4c4ccc5c6ccccc6sc5c43)c2)cc1. The summed E-state index contributed by atoms with van der Waals surface area (Å²) in [5, 5.41) is 18.7. The summed E-state index contributed by atoms with van der Waals surface area (Å²) in [6.07, 6.45) is 0. The second-order valence-electron chi connectivity index (χ2n) is 20.2. The van der Waals surface area contributed by atoms with Crippen LogP contribution in [0.1, 0.15) is 0 Å². The van der Waals surface area contributed by atoms with Crippen LogP contribution in [0.3, 0.4) is 0 Å². The van der Waals surface area contributed by atoms with Gasteiger partial charge in [0.2, 0.25) is 0 Å². The Hall–Kier alpha value is -8.69. The third-order valence-corrected chi connectivity index (χ3v) is 28.4. The molecule has 3 heterocycles. The first-order valence-corrected chi connectivity index (χ1v) is 32.1. The van der Waals surface area contributed by atoms with Gasteiger partial charge in [0, 0.05) is 52.1 Å². The van der Waals surface area contributed by atoms with E-state index in [0.717, 1.165) is 0 Å². The van der Waals surface area contributed by atoms with Crippen molar-refractivity contribution in [2.24, 2.45) is 0 Å². The van der Waals surface area contributed by atoms with E-state index in [-0.39, 0.29) is 0 Å². The number of benzene rings is 12. The molecular weight excluding hydrogens is 999 g/mol.